The average Bonchev–Trinajstić information content (AvgIpc) is 2.40. The van der Waals surface area contributed by atoms with E-state index >= 15 is 0 Å². The first-order valence-electron chi connectivity index (χ1n) is 7.66. The first-order valence-corrected chi connectivity index (χ1v) is 7.66. The number of nitrogens with one attached hydrogen (secondary N) is 2. The van der Waals surface area contributed by atoms with Crippen LogP contribution in [-0.4, -0.2) is 18.2 Å². The highest BCUT2D eigenvalue weighted by molar-refractivity contribution is 5.67. The third-order valence-electron chi connectivity index (χ3n) is 2.96. The first-order chi connectivity index (χ1) is 9.92. The molecule has 4 heteroatoms. The predicted octanol–water partition coefficient (Wildman–Crippen LogP) is 3.60. The third kappa shape index (κ3) is 7.71. The topological polar surface area (TPSA) is 50.4 Å². The summed E-state index contributed by atoms with van der Waals surface area (Å²) in [4.78, 5) is 11.7. The van der Waals surface area contributed by atoms with Crippen LogP contribution in [0.15, 0.2) is 24.3 Å². The van der Waals surface area contributed by atoms with Crippen LogP contribution < -0.4 is 10.6 Å². The minimum atomic E-state index is -0.467. The lowest BCUT2D eigenvalue weighted by Crippen LogP contribution is -2.32. The second-order valence-electron chi connectivity index (χ2n) is 6.15. The molecule has 0 heterocycles. The molecule has 2 N–H and O–H groups in total. The molecule has 1 aromatic rings. The summed E-state index contributed by atoms with van der Waals surface area (Å²) in [6.45, 7) is 10.1. The Morgan fingerprint density at radius 1 is 1.14 bits per heavy atom. The van der Waals surface area contributed by atoms with Gasteiger partial charge in [0.1, 0.15) is 5.60 Å². The normalized spacial score (nSPS) is 11.2. The van der Waals surface area contributed by atoms with Crippen molar-refractivity contribution in [2.24, 2.45) is 0 Å². The second kappa shape index (κ2) is 8.67. The number of alkyl carbamates (subject to hydrolysis) is 1. The van der Waals surface area contributed by atoms with Crippen LogP contribution in [0.1, 0.15) is 51.7 Å². The maximum atomic E-state index is 11.7. The summed E-state index contributed by atoms with van der Waals surface area (Å²) >= 11 is 0. The molecule has 1 aromatic carbocycles. The van der Waals surface area contributed by atoms with Gasteiger partial charge < -0.3 is 15.4 Å². The van der Waals surface area contributed by atoms with Crippen molar-refractivity contribution < 1.29 is 9.53 Å². The molecule has 0 saturated carbocycles. The van der Waals surface area contributed by atoms with E-state index in [1.165, 1.54) is 18.4 Å². The third-order valence-corrected chi connectivity index (χ3v) is 2.96. The molecule has 21 heavy (non-hydrogen) atoms. The van der Waals surface area contributed by atoms with Crippen LogP contribution in [0.25, 0.3) is 0 Å². The Balaban J connectivity index is 2.49. The summed E-state index contributed by atoms with van der Waals surface area (Å²) in [5, 5.41) is 6.23. The lowest BCUT2D eigenvalue weighted by Gasteiger charge is -2.20. The molecule has 4 nitrogen and oxygen atoms in total. The van der Waals surface area contributed by atoms with Crippen LogP contribution in [0.5, 0.6) is 0 Å². The van der Waals surface area contributed by atoms with E-state index in [0.29, 0.717) is 6.54 Å². The number of hydrogen-bond donors (Lipinski definition) is 2. The van der Waals surface area contributed by atoms with E-state index < -0.39 is 5.60 Å². The number of hydrogen-bond acceptors (Lipinski definition) is 3. The summed E-state index contributed by atoms with van der Waals surface area (Å²) in [5.74, 6) is 0. The standard InChI is InChI=1S/C17H28N2O2/c1-5-6-11-18-12-14-9-7-8-10-15(14)13-19-16(20)21-17(2,3)4/h7-10,18H,5-6,11-13H2,1-4H3,(H,19,20). The Bertz CT molecular complexity index is 439. The molecule has 0 fully saturated rings. The molecular weight excluding hydrogens is 264 g/mol. The number of carbonyl (C=O) groups excluding carboxylic acids is 1. The van der Waals surface area contributed by atoms with Gasteiger partial charge in [-0.15, -0.1) is 0 Å². The fourth-order valence-corrected chi connectivity index (χ4v) is 1.91. The van der Waals surface area contributed by atoms with Gasteiger partial charge in [-0.3, -0.25) is 0 Å². The molecule has 0 aliphatic rings. The molecule has 0 radical (unpaired) electrons. The minimum Gasteiger partial charge on any atom is -0.444 e. The lowest BCUT2D eigenvalue weighted by atomic mass is 10.1. The quantitative estimate of drug-likeness (QED) is 0.755. The van der Waals surface area contributed by atoms with Crippen molar-refractivity contribution in [2.45, 2.75) is 59.2 Å². The van der Waals surface area contributed by atoms with E-state index in [9.17, 15) is 4.79 Å². The molecule has 0 bridgehead atoms. The average molecular weight is 292 g/mol. The van der Waals surface area contributed by atoms with Crippen LogP contribution in [-0.2, 0) is 17.8 Å². The summed E-state index contributed by atoms with van der Waals surface area (Å²) in [6.07, 6.45) is 1.99. The molecule has 0 unspecified atom stereocenters. The Labute approximate surface area is 128 Å². The highest BCUT2D eigenvalue weighted by atomic mass is 16.6. The Morgan fingerprint density at radius 2 is 1.76 bits per heavy atom. The zero-order valence-electron chi connectivity index (χ0n) is 13.7. The molecule has 1 rings (SSSR count). The maximum Gasteiger partial charge on any atom is 0.407 e. The molecule has 118 valence electrons. The summed E-state index contributed by atoms with van der Waals surface area (Å²) in [7, 11) is 0. The van der Waals surface area contributed by atoms with E-state index in [2.05, 4.69) is 23.6 Å². The minimum absolute atomic E-state index is 0.378. The van der Waals surface area contributed by atoms with Crippen molar-refractivity contribution in [3.63, 3.8) is 0 Å². The van der Waals surface area contributed by atoms with Crippen LogP contribution in [0.4, 0.5) is 4.79 Å². The lowest BCUT2D eigenvalue weighted by molar-refractivity contribution is 0.0523. The zero-order chi connectivity index (χ0) is 15.7. The summed E-state index contributed by atoms with van der Waals surface area (Å²) < 4.78 is 5.25. The second-order valence-corrected chi connectivity index (χ2v) is 6.15. The van der Waals surface area contributed by atoms with Gasteiger partial charge in [0.25, 0.3) is 0 Å². The van der Waals surface area contributed by atoms with E-state index in [4.69, 9.17) is 4.74 Å². The van der Waals surface area contributed by atoms with Crippen LogP contribution in [0.3, 0.4) is 0 Å². The molecule has 0 aromatic heterocycles. The van der Waals surface area contributed by atoms with Crippen molar-refractivity contribution in [2.75, 3.05) is 6.54 Å². The fraction of sp³-hybridized carbons (Fsp3) is 0.588. The molecular formula is C17H28N2O2. The fourth-order valence-electron chi connectivity index (χ4n) is 1.91. The van der Waals surface area contributed by atoms with Crippen LogP contribution >= 0.6 is 0 Å². The highest BCUT2D eigenvalue weighted by Crippen LogP contribution is 2.10. The predicted molar refractivity (Wildman–Crippen MR) is 86.1 cm³/mol. The molecule has 0 aliphatic heterocycles. The highest BCUT2D eigenvalue weighted by Gasteiger charge is 2.15. The number of unbranched alkanes of at least 4 members (excludes halogenated alkanes) is 1. The maximum absolute atomic E-state index is 11.7. The van der Waals surface area contributed by atoms with Gasteiger partial charge in [0, 0.05) is 13.1 Å². The van der Waals surface area contributed by atoms with E-state index in [1.54, 1.807) is 0 Å². The number of benzene rings is 1. The van der Waals surface area contributed by atoms with Gasteiger partial charge in [0.05, 0.1) is 0 Å². The summed E-state index contributed by atoms with van der Waals surface area (Å²) in [5.41, 5.74) is 1.86. The van der Waals surface area contributed by atoms with Gasteiger partial charge >= 0.3 is 6.09 Å². The van der Waals surface area contributed by atoms with Crippen molar-refractivity contribution in [1.82, 2.24) is 10.6 Å². The van der Waals surface area contributed by atoms with Gasteiger partial charge in [-0.25, -0.2) is 4.79 Å². The molecule has 0 atom stereocenters. The van der Waals surface area contributed by atoms with E-state index in [-0.39, 0.29) is 6.09 Å². The van der Waals surface area contributed by atoms with Gasteiger partial charge in [-0.2, -0.15) is 0 Å². The first kappa shape index (κ1) is 17.5. The van der Waals surface area contributed by atoms with E-state index in [0.717, 1.165) is 18.7 Å². The zero-order valence-corrected chi connectivity index (χ0v) is 13.7. The number of rotatable bonds is 7. The van der Waals surface area contributed by atoms with Gasteiger partial charge in [0.15, 0.2) is 0 Å². The van der Waals surface area contributed by atoms with Crippen molar-refractivity contribution in [3.8, 4) is 0 Å². The Hall–Kier alpha value is -1.55. The number of amides is 1. The van der Waals surface area contributed by atoms with Crippen molar-refractivity contribution in [3.05, 3.63) is 35.4 Å². The van der Waals surface area contributed by atoms with Gasteiger partial charge in [-0.1, -0.05) is 37.6 Å². The molecule has 0 spiro atoms. The molecule has 0 aliphatic carbocycles. The van der Waals surface area contributed by atoms with Crippen LogP contribution in [0.2, 0.25) is 0 Å². The van der Waals surface area contributed by atoms with Crippen LogP contribution in [0, 0.1) is 0 Å². The molecule has 1 amide bonds. The monoisotopic (exact) mass is 292 g/mol. The van der Waals surface area contributed by atoms with Crippen molar-refractivity contribution >= 4 is 6.09 Å². The number of carbonyl (C=O) groups is 1. The Morgan fingerprint density at radius 3 is 2.33 bits per heavy atom. The molecule has 0 saturated heterocycles. The van der Waals surface area contributed by atoms with E-state index in [1.807, 2.05) is 39.0 Å². The van der Waals surface area contributed by atoms with Gasteiger partial charge in [-0.05, 0) is 44.9 Å². The van der Waals surface area contributed by atoms with Gasteiger partial charge in [0.2, 0.25) is 0 Å². The SMILES string of the molecule is CCCCNCc1ccccc1CNC(=O)OC(C)(C)C. The smallest absolute Gasteiger partial charge is 0.407 e. The Kier molecular flexibility index (Phi) is 7.23. The summed E-state index contributed by atoms with van der Waals surface area (Å²) in [6, 6.07) is 8.13. The largest absolute Gasteiger partial charge is 0.444 e. The number of ether oxygens (including phenoxy) is 1. The van der Waals surface area contributed by atoms with Crippen molar-refractivity contribution in [1.29, 1.82) is 0 Å².